The monoisotopic (exact) mass is 578 g/mol. The lowest BCUT2D eigenvalue weighted by atomic mass is 9.68. The molecule has 0 bridgehead atoms. The molecule has 2 atom stereocenters. The number of nitrogens with zero attached hydrogens (tertiary/aromatic N) is 4. The van der Waals surface area contributed by atoms with Crippen LogP contribution in [0.4, 0.5) is 19.1 Å². The number of fused-ring (bicyclic) bond motifs is 1. The molecule has 1 saturated carbocycles. The van der Waals surface area contributed by atoms with E-state index in [1.54, 1.807) is 18.5 Å². The van der Waals surface area contributed by atoms with Crippen molar-refractivity contribution in [1.29, 1.82) is 0 Å². The van der Waals surface area contributed by atoms with Gasteiger partial charge < -0.3 is 10.0 Å². The predicted molar refractivity (Wildman–Crippen MR) is 158 cm³/mol. The third-order valence-electron chi connectivity index (χ3n) is 9.61. The fourth-order valence-corrected chi connectivity index (χ4v) is 7.42. The van der Waals surface area contributed by atoms with Crippen molar-refractivity contribution in [2.45, 2.75) is 102 Å². The van der Waals surface area contributed by atoms with E-state index in [1.165, 1.54) is 0 Å². The maximum atomic E-state index is 17.1. The number of aliphatic hydroxyl groups excluding tert-OH is 1. The fourth-order valence-electron chi connectivity index (χ4n) is 7.42. The van der Waals surface area contributed by atoms with Crippen LogP contribution in [0.25, 0.3) is 0 Å². The number of alkyl halides is 3. The largest absolute Gasteiger partial charge is 0.388 e. The average molecular weight is 579 g/mol. The summed E-state index contributed by atoms with van der Waals surface area (Å²) < 4.78 is 45.8. The lowest BCUT2D eigenvalue weighted by Crippen LogP contribution is -2.36. The van der Waals surface area contributed by atoms with Gasteiger partial charge in [0.15, 0.2) is 6.17 Å². The van der Waals surface area contributed by atoms with E-state index in [4.69, 9.17) is 4.98 Å². The molecule has 1 saturated heterocycles. The van der Waals surface area contributed by atoms with Gasteiger partial charge in [-0.1, -0.05) is 43.7 Å². The molecule has 2 aromatic heterocycles. The Morgan fingerprint density at radius 3 is 2.21 bits per heavy atom. The summed E-state index contributed by atoms with van der Waals surface area (Å²) in [5.41, 5.74) is 4.94. The molecule has 1 aliphatic heterocycles. The summed E-state index contributed by atoms with van der Waals surface area (Å²) in [4.78, 5) is 16.2. The van der Waals surface area contributed by atoms with E-state index in [0.29, 0.717) is 48.6 Å². The van der Waals surface area contributed by atoms with Crippen LogP contribution in [0.2, 0.25) is 0 Å². The Labute approximate surface area is 246 Å². The molecule has 2 aliphatic carbocycles. The van der Waals surface area contributed by atoms with Crippen molar-refractivity contribution in [3.8, 4) is 0 Å². The van der Waals surface area contributed by atoms with Crippen molar-refractivity contribution in [2.75, 3.05) is 18.0 Å². The van der Waals surface area contributed by atoms with Crippen LogP contribution in [0.3, 0.4) is 0 Å². The number of aromatic nitrogens is 3. The smallest absolute Gasteiger partial charge is 0.248 e. The molecule has 0 amide bonds. The number of halogens is 3. The van der Waals surface area contributed by atoms with Gasteiger partial charge in [-0.25, -0.2) is 23.1 Å². The summed E-state index contributed by atoms with van der Waals surface area (Å²) in [5.74, 6) is -2.26. The molecule has 6 rings (SSSR count). The van der Waals surface area contributed by atoms with Crippen LogP contribution in [0.15, 0.2) is 42.7 Å². The molecule has 42 heavy (non-hydrogen) atoms. The molecule has 3 heterocycles. The van der Waals surface area contributed by atoms with Crippen molar-refractivity contribution in [3.63, 3.8) is 0 Å². The highest BCUT2D eigenvalue weighted by molar-refractivity contribution is 5.51. The van der Waals surface area contributed by atoms with Gasteiger partial charge in [-0.05, 0) is 74.0 Å². The summed E-state index contributed by atoms with van der Waals surface area (Å²) in [6, 6.07) is 9.24. The van der Waals surface area contributed by atoms with E-state index in [2.05, 4.69) is 28.7 Å². The maximum absolute atomic E-state index is 17.1. The highest BCUT2D eigenvalue weighted by atomic mass is 19.3. The third kappa shape index (κ3) is 5.79. The molecule has 8 heteroatoms. The van der Waals surface area contributed by atoms with E-state index in [0.717, 1.165) is 35.4 Å². The van der Waals surface area contributed by atoms with Gasteiger partial charge in [-0.2, -0.15) is 0 Å². The van der Waals surface area contributed by atoms with Gasteiger partial charge in [0.2, 0.25) is 11.9 Å². The van der Waals surface area contributed by atoms with Crippen LogP contribution in [0, 0.1) is 12.3 Å². The minimum absolute atomic E-state index is 0.0000706. The number of piperidine rings is 1. The minimum atomic E-state index is -2.70. The molecular formula is C34H41F3N4O. The van der Waals surface area contributed by atoms with E-state index in [1.807, 2.05) is 31.2 Å². The first-order valence-electron chi connectivity index (χ1n) is 15.4. The SMILES string of the molecule is Cc1ccc([C@H](F)c2c(C3CCN(c4ncccn4)CC3)nc3c(c2C2CCC(F)(F)CC2)[C@@H](O)CC(C)(C)C3)cc1. The topological polar surface area (TPSA) is 62.1 Å². The van der Waals surface area contributed by atoms with Gasteiger partial charge in [-0.3, -0.25) is 4.98 Å². The summed E-state index contributed by atoms with van der Waals surface area (Å²) in [5, 5.41) is 11.6. The van der Waals surface area contributed by atoms with Crippen LogP contribution >= 0.6 is 0 Å². The van der Waals surface area contributed by atoms with Gasteiger partial charge in [-0.15, -0.1) is 0 Å². The van der Waals surface area contributed by atoms with E-state index < -0.39 is 18.2 Å². The Morgan fingerprint density at radius 1 is 0.929 bits per heavy atom. The number of rotatable bonds is 5. The van der Waals surface area contributed by atoms with Gasteiger partial charge in [0.1, 0.15) is 0 Å². The predicted octanol–water partition coefficient (Wildman–Crippen LogP) is 7.92. The molecule has 5 nitrogen and oxygen atoms in total. The molecule has 0 spiro atoms. The quantitative estimate of drug-likeness (QED) is 0.333. The first kappa shape index (κ1) is 29.1. The number of aliphatic hydroxyl groups is 1. The highest BCUT2D eigenvalue weighted by Crippen LogP contribution is 2.52. The number of hydrogen-bond acceptors (Lipinski definition) is 5. The van der Waals surface area contributed by atoms with Crippen LogP contribution in [-0.4, -0.2) is 39.1 Å². The van der Waals surface area contributed by atoms with E-state index in [-0.39, 0.29) is 42.9 Å². The van der Waals surface area contributed by atoms with Crippen LogP contribution in [0.5, 0.6) is 0 Å². The Bertz CT molecular complexity index is 1390. The van der Waals surface area contributed by atoms with Gasteiger partial charge in [0.25, 0.3) is 0 Å². The van der Waals surface area contributed by atoms with Crippen LogP contribution in [0.1, 0.15) is 122 Å². The third-order valence-corrected chi connectivity index (χ3v) is 9.61. The van der Waals surface area contributed by atoms with Crippen molar-refractivity contribution in [3.05, 3.63) is 81.9 Å². The molecule has 1 aromatic carbocycles. The second-order valence-corrected chi connectivity index (χ2v) is 13.5. The standard InChI is InChI=1S/C34H41F3N4O/c1-21-5-7-23(8-6-21)30(35)29-27(22-9-13-34(36,37)14-10-22)28-25(19-33(2,3)20-26(28)42)40-31(29)24-11-17-41(18-12-24)32-38-15-4-16-39-32/h4-8,15-16,22,24,26,30,42H,9-14,17-20H2,1-3H3/t26-,30-/m0/s1. The van der Waals surface area contributed by atoms with Crippen molar-refractivity contribution in [1.82, 2.24) is 15.0 Å². The molecule has 1 N–H and O–H groups in total. The first-order valence-corrected chi connectivity index (χ1v) is 15.4. The summed E-state index contributed by atoms with van der Waals surface area (Å²) in [6.07, 6.45) is 4.03. The number of pyridine rings is 1. The zero-order valence-corrected chi connectivity index (χ0v) is 24.8. The van der Waals surface area contributed by atoms with Crippen molar-refractivity contribution >= 4 is 5.95 Å². The molecule has 224 valence electrons. The van der Waals surface area contributed by atoms with Gasteiger partial charge in [0, 0.05) is 61.1 Å². The van der Waals surface area contributed by atoms with Gasteiger partial charge >= 0.3 is 0 Å². The lowest BCUT2D eigenvalue weighted by Gasteiger charge is -2.41. The molecule has 0 unspecified atom stereocenters. The number of hydrogen-bond donors (Lipinski definition) is 1. The molecule has 3 aromatic rings. The zero-order chi connectivity index (χ0) is 29.6. The first-order chi connectivity index (χ1) is 20.0. The summed E-state index contributed by atoms with van der Waals surface area (Å²) in [6.45, 7) is 7.65. The summed E-state index contributed by atoms with van der Waals surface area (Å²) >= 11 is 0. The zero-order valence-electron chi connectivity index (χ0n) is 24.8. The molecule has 2 fully saturated rings. The summed E-state index contributed by atoms with van der Waals surface area (Å²) in [7, 11) is 0. The number of benzene rings is 1. The minimum Gasteiger partial charge on any atom is -0.388 e. The number of aryl methyl sites for hydroxylation is 1. The van der Waals surface area contributed by atoms with Crippen LogP contribution in [-0.2, 0) is 6.42 Å². The Balaban J connectivity index is 1.49. The van der Waals surface area contributed by atoms with Crippen molar-refractivity contribution < 1.29 is 18.3 Å². The van der Waals surface area contributed by atoms with E-state index >= 15 is 4.39 Å². The second-order valence-electron chi connectivity index (χ2n) is 13.5. The molecular weight excluding hydrogens is 537 g/mol. The fraction of sp³-hybridized carbons (Fsp3) is 0.559. The Kier molecular flexibility index (Phi) is 7.79. The molecule has 0 radical (unpaired) electrons. The highest BCUT2D eigenvalue weighted by Gasteiger charge is 2.43. The Hall–Kier alpha value is -3.00. The second kappa shape index (κ2) is 11.3. The molecule has 3 aliphatic rings. The maximum Gasteiger partial charge on any atom is 0.248 e. The average Bonchev–Trinajstić information content (AvgIpc) is 2.96. The normalized spacial score (nSPS) is 23.4. The van der Waals surface area contributed by atoms with Gasteiger partial charge in [0.05, 0.1) is 11.8 Å². The lowest BCUT2D eigenvalue weighted by molar-refractivity contribution is -0.0385. The van der Waals surface area contributed by atoms with Crippen molar-refractivity contribution in [2.24, 2.45) is 5.41 Å². The van der Waals surface area contributed by atoms with Crippen LogP contribution < -0.4 is 4.90 Å². The van der Waals surface area contributed by atoms with E-state index in [9.17, 15) is 13.9 Å². The number of anilines is 1. The Morgan fingerprint density at radius 2 is 1.57 bits per heavy atom.